The molecule has 2 aromatic carbocycles. The molecule has 0 bridgehead atoms. The Hall–Kier alpha value is -3.12. The third-order valence-corrected chi connectivity index (χ3v) is 4.01. The molecule has 0 atom stereocenters. The van der Waals surface area contributed by atoms with E-state index in [0.29, 0.717) is 6.61 Å². The number of hydrogen-bond donors (Lipinski definition) is 2. The molecular formula is C21H20N2O3S. The largest absolute Gasteiger partial charge is 0.494 e. The Labute approximate surface area is 163 Å². The van der Waals surface area contributed by atoms with Crippen molar-refractivity contribution in [2.75, 3.05) is 11.9 Å². The van der Waals surface area contributed by atoms with Crippen molar-refractivity contribution in [3.8, 4) is 5.75 Å². The number of carbonyl (C=O) groups excluding carboxylic acids is 1. The van der Waals surface area contributed by atoms with Crippen LogP contribution in [0.2, 0.25) is 0 Å². The Kier molecular flexibility index (Phi) is 6.60. The summed E-state index contributed by atoms with van der Waals surface area (Å²) in [6, 6.07) is 21.0. The molecule has 0 aliphatic rings. The van der Waals surface area contributed by atoms with Crippen LogP contribution < -0.4 is 15.4 Å². The molecule has 3 aromatic rings. The standard InChI is InChI=1S/C21H20N2O3S/c24-20(19-9-5-15-26-19)23-21(27)22-17-10-12-18(13-11-17)25-14-4-8-16-6-2-1-3-7-16/h1-3,5-7,9-13,15H,4,8,14H2,(H2,22,23,24,27). The van der Waals surface area contributed by atoms with Crippen molar-refractivity contribution in [1.29, 1.82) is 0 Å². The zero-order chi connectivity index (χ0) is 18.9. The smallest absolute Gasteiger partial charge is 0.293 e. The molecule has 1 heterocycles. The third kappa shape index (κ3) is 5.97. The van der Waals surface area contributed by atoms with E-state index in [4.69, 9.17) is 21.4 Å². The molecule has 0 saturated heterocycles. The fraction of sp³-hybridized carbons (Fsp3) is 0.143. The quantitative estimate of drug-likeness (QED) is 0.469. The minimum absolute atomic E-state index is 0.202. The number of hydrogen-bond acceptors (Lipinski definition) is 4. The first-order chi connectivity index (χ1) is 13.2. The summed E-state index contributed by atoms with van der Waals surface area (Å²) < 4.78 is 10.8. The van der Waals surface area contributed by atoms with Crippen LogP contribution in [0.25, 0.3) is 0 Å². The lowest BCUT2D eigenvalue weighted by molar-refractivity contribution is 0.0950. The van der Waals surface area contributed by atoms with Crippen LogP contribution >= 0.6 is 12.2 Å². The van der Waals surface area contributed by atoms with Gasteiger partial charge in [-0.05, 0) is 67.0 Å². The first-order valence-electron chi connectivity index (χ1n) is 8.63. The van der Waals surface area contributed by atoms with Crippen molar-refractivity contribution in [3.05, 3.63) is 84.3 Å². The molecule has 0 fully saturated rings. The highest BCUT2D eigenvalue weighted by Gasteiger charge is 2.10. The second kappa shape index (κ2) is 9.54. The maximum absolute atomic E-state index is 11.9. The van der Waals surface area contributed by atoms with Gasteiger partial charge in [0.15, 0.2) is 10.9 Å². The Bertz CT molecular complexity index is 862. The monoisotopic (exact) mass is 380 g/mol. The van der Waals surface area contributed by atoms with Crippen LogP contribution in [0.3, 0.4) is 0 Å². The molecule has 0 unspecified atom stereocenters. The van der Waals surface area contributed by atoms with Gasteiger partial charge in [-0.3, -0.25) is 10.1 Å². The molecule has 138 valence electrons. The van der Waals surface area contributed by atoms with Gasteiger partial charge in [-0.2, -0.15) is 0 Å². The lowest BCUT2D eigenvalue weighted by Gasteiger charge is -2.10. The lowest BCUT2D eigenvalue weighted by Crippen LogP contribution is -2.33. The summed E-state index contributed by atoms with van der Waals surface area (Å²) in [4.78, 5) is 11.9. The molecule has 1 aromatic heterocycles. The summed E-state index contributed by atoms with van der Waals surface area (Å²) in [5.74, 6) is 0.605. The molecule has 0 aliphatic heterocycles. The van der Waals surface area contributed by atoms with E-state index >= 15 is 0 Å². The first-order valence-corrected chi connectivity index (χ1v) is 9.04. The first kappa shape index (κ1) is 18.7. The average Bonchev–Trinajstić information content (AvgIpc) is 3.22. The fourth-order valence-corrected chi connectivity index (χ4v) is 2.69. The minimum Gasteiger partial charge on any atom is -0.494 e. The van der Waals surface area contributed by atoms with E-state index in [0.717, 1.165) is 24.3 Å². The summed E-state index contributed by atoms with van der Waals surface area (Å²) in [7, 11) is 0. The number of anilines is 1. The summed E-state index contributed by atoms with van der Waals surface area (Å²) in [5, 5.41) is 5.71. The highest BCUT2D eigenvalue weighted by molar-refractivity contribution is 7.80. The number of thiocarbonyl (C=S) groups is 1. The number of rotatable bonds is 7. The number of carbonyl (C=O) groups is 1. The SMILES string of the molecule is O=C(NC(=S)Nc1ccc(OCCCc2ccccc2)cc1)c1ccco1. The predicted octanol–water partition coefficient (Wildman–Crippen LogP) is 4.42. The molecule has 3 rings (SSSR count). The molecule has 0 aliphatic carbocycles. The van der Waals surface area contributed by atoms with Crippen LogP contribution in [0, 0.1) is 0 Å². The summed E-state index contributed by atoms with van der Waals surface area (Å²) in [5.41, 5.74) is 2.07. The van der Waals surface area contributed by atoms with Gasteiger partial charge in [-0.15, -0.1) is 0 Å². The number of aryl methyl sites for hydroxylation is 1. The van der Waals surface area contributed by atoms with E-state index in [2.05, 4.69) is 22.8 Å². The molecule has 27 heavy (non-hydrogen) atoms. The molecule has 0 spiro atoms. The fourth-order valence-electron chi connectivity index (χ4n) is 2.48. The van der Waals surface area contributed by atoms with Crippen LogP contribution in [-0.4, -0.2) is 17.6 Å². The van der Waals surface area contributed by atoms with Crippen LogP contribution in [0.4, 0.5) is 5.69 Å². The molecular weight excluding hydrogens is 360 g/mol. The number of benzene rings is 2. The molecule has 0 saturated carbocycles. The van der Waals surface area contributed by atoms with Crippen LogP contribution in [0.15, 0.2) is 77.4 Å². The van der Waals surface area contributed by atoms with Gasteiger partial charge in [-0.1, -0.05) is 30.3 Å². The van der Waals surface area contributed by atoms with Gasteiger partial charge < -0.3 is 14.5 Å². The highest BCUT2D eigenvalue weighted by atomic mass is 32.1. The zero-order valence-corrected chi connectivity index (χ0v) is 15.5. The van der Waals surface area contributed by atoms with Crippen LogP contribution in [0.1, 0.15) is 22.5 Å². The van der Waals surface area contributed by atoms with Crippen molar-refractivity contribution in [1.82, 2.24) is 5.32 Å². The van der Waals surface area contributed by atoms with Gasteiger partial charge in [0.2, 0.25) is 0 Å². The van der Waals surface area contributed by atoms with E-state index in [-0.39, 0.29) is 10.9 Å². The molecule has 1 amide bonds. The number of nitrogens with one attached hydrogen (secondary N) is 2. The van der Waals surface area contributed by atoms with Gasteiger partial charge >= 0.3 is 0 Å². The number of furan rings is 1. The second-order valence-corrected chi connectivity index (χ2v) is 6.26. The minimum atomic E-state index is -0.393. The van der Waals surface area contributed by atoms with Crippen LogP contribution in [-0.2, 0) is 6.42 Å². The van der Waals surface area contributed by atoms with Gasteiger partial charge in [0.05, 0.1) is 12.9 Å². The Morgan fingerprint density at radius 1 is 1.00 bits per heavy atom. The Morgan fingerprint density at radius 2 is 1.78 bits per heavy atom. The normalized spacial score (nSPS) is 10.2. The number of amides is 1. The highest BCUT2D eigenvalue weighted by Crippen LogP contribution is 2.16. The van der Waals surface area contributed by atoms with Gasteiger partial charge in [0.25, 0.3) is 5.91 Å². The summed E-state index contributed by atoms with van der Waals surface area (Å²) in [6.45, 7) is 0.652. The van der Waals surface area contributed by atoms with Crippen molar-refractivity contribution in [3.63, 3.8) is 0 Å². The summed E-state index contributed by atoms with van der Waals surface area (Å²) in [6.07, 6.45) is 3.38. The Morgan fingerprint density at radius 3 is 2.48 bits per heavy atom. The van der Waals surface area contributed by atoms with Gasteiger partial charge in [-0.25, -0.2) is 0 Å². The maximum atomic E-state index is 11.9. The molecule has 0 radical (unpaired) electrons. The molecule has 5 nitrogen and oxygen atoms in total. The van der Waals surface area contributed by atoms with Gasteiger partial charge in [0, 0.05) is 5.69 Å². The molecule has 6 heteroatoms. The predicted molar refractivity (Wildman–Crippen MR) is 109 cm³/mol. The zero-order valence-electron chi connectivity index (χ0n) is 14.7. The van der Waals surface area contributed by atoms with E-state index in [1.165, 1.54) is 11.8 Å². The topological polar surface area (TPSA) is 63.5 Å². The maximum Gasteiger partial charge on any atom is 0.293 e. The van der Waals surface area contributed by atoms with E-state index in [1.807, 2.05) is 42.5 Å². The number of ether oxygens (including phenoxy) is 1. The van der Waals surface area contributed by atoms with E-state index < -0.39 is 5.91 Å². The lowest BCUT2D eigenvalue weighted by atomic mass is 10.1. The second-order valence-electron chi connectivity index (χ2n) is 5.85. The van der Waals surface area contributed by atoms with Crippen molar-refractivity contribution >= 4 is 28.9 Å². The van der Waals surface area contributed by atoms with Crippen molar-refractivity contribution in [2.45, 2.75) is 12.8 Å². The van der Waals surface area contributed by atoms with E-state index in [9.17, 15) is 4.79 Å². The van der Waals surface area contributed by atoms with Gasteiger partial charge in [0.1, 0.15) is 5.75 Å². The van der Waals surface area contributed by atoms with Crippen molar-refractivity contribution < 1.29 is 13.9 Å². The van der Waals surface area contributed by atoms with Crippen molar-refractivity contribution in [2.24, 2.45) is 0 Å². The van der Waals surface area contributed by atoms with E-state index in [1.54, 1.807) is 12.1 Å². The van der Waals surface area contributed by atoms with Crippen LogP contribution in [0.5, 0.6) is 5.75 Å². The summed E-state index contributed by atoms with van der Waals surface area (Å²) >= 11 is 5.14. The average molecular weight is 380 g/mol. The third-order valence-electron chi connectivity index (χ3n) is 3.81. The Balaban J connectivity index is 1.40. The molecule has 2 N–H and O–H groups in total.